The van der Waals surface area contributed by atoms with Crippen LogP contribution in [-0.4, -0.2) is 52.9 Å². The largest absolute Gasteiger partial charge is 0.487 e. The number of hydrogen-bond donors (Lipinski definition) is 0. The van der Waals surface area contributed by atoms with Crippen LogP contribution in [0, 0.1) is 5.82 Å². The molecule has 2 fully saturated rings. The third kappa shape index (κ3) is 4.50. The molecule has 2 aliphatic rings. The van der Waals surface area contributed by atoms with Gasteiger partial charge >= 0.3 is 0 Å². The van der Waals surface area contributed by atoms with Crippen molar-refractivity contribution in [2.75, 3.05) is 26.2 Å². The molecule has 4 rings (SSSR count). The normalized spacial score (nSPS) is 18.4. The first kappa shape index (κ1) is 18.9. The van der Waals surface area contributed by atoms with Gasteiger partial charge in [-0.15, -0.1) is 0 Å². The van der Waals surface area contributed by atoms with Crippen LogP contribution in [-0.2, 0) is 6.61 Å². The quantitative estimate of drug-likeness (QED) is 0.793. The van der Waals surface area contributed by atoms with Crippen molar-refractivity contribution in [3.05, 3.63) is 59.7 Å². The third-order valence-corrected chi connectivity index (χ3v) is 5.68. The number of rotatable bonds is 5. The maximum Gasteiger partial charge on any atom is 0.255 e. The third-order valence-electron chi connectivity index (χ3n) is 5.68. The summed E-state index contributed by atoms with van der Waals surface area (Å²) in [5.74, 6) is 0.343. The van der Waals surface area contributed by atoms with E-state index in [-0.39, 0.29) is 18.3 Å². The van der Waals surface area contributed by atoms with Gasteiger partial charge in [-0.05, 0) is 55.7 Å². The minimum Gasteiger partial charge on any atom is -0.487 e. The van der Waals surface area contributed by atoms with Crippen LogP contribution in [0.15, 0.2) is 42.6 Å². The highest BCUT2D eigenvalue weighted by atomic mass is 19.1. The number of nitrogens with zero attached hydrogens (tertiary/aromatic N) is 3. The van der Waals surface area contributed by atoms with Crippen LogP contribution >= 0.6 is 0 Å². The molecule has 1 aromatic carbocycles. The van der Waals surface area contributed by atoms with E-state index in [1.54, 1.807) is 18.3 Å². The number of halogens is 1. The number of ether oxygens (including phenoxy) is 1. The van der Waals surface area contributed by atoms with Crippen molar-refractivity contribution < 1.29 is 13.9 Å². The van der Waals surface area contributed by atoms with Gasteiger partial charge in [-0.1, -0.05) is 6.42 Å². The van der Waals surface area contributed by atoms with Crippen LogP contribution in [0.5, 0.6) is 5.75 Å². The van der Waals surface area contributed by atoms with Crippen LogP contribution in [0.4, 0.5) is 4.39 Å². The highest BCUT2D eigenvalue weighted by Gasteiger charge is 2.28. The second-order valence-corrected chi connectivity index (χ2v) is 7.55. The first-order valence-electron chi connectivity index (χ1n) is 10.1. The van der Waals surface area contributed by atoms with E-state index in [1.807, 2.05) is 17.0 Å². The maximum absolute atomic E-state index is 12.9. The van der Waals surface area contributed by atoms with Crippen molar-refractivity contribution in [1.82, 2.24) is 14.8 Å². The molecule has 0 N–H and O–H groups in total. The van der Waals surface area contributed by atoms with Gasteiger partial charge in [0.25, 0.3) is 5.91 Å². The molecule has 0 unspecified atom stereocenters. The predicted molar refractivity (Wildman–Crippen MR) is 105 cm³/mol. The van der Waals surface area contributed by atoms with Crippen LogP contribution < -0.4 is 4.74 Å². The molecule has 1 saturated heterocycles. The molecule has 0 atom stereocenters. The molecule has 1 aromatic heterocycles. The first-order valence-corrected chi connectivity index (χ1v) is 10.1. The fourth-order valence-corrected chi connectivity index (χ4v) is 3.76. The number of aromatic nitrogens is 1. The summed E-state index contributed by atoms with van der Waals surface area (Å²) in [5, 5.41) is 0. The lowest BCUT2D eigenvalue weighted by Crippen LogP contribution is -2.42. The van der Waals surface area contributed by atoms with Gasteiger partial charge in [0, 0.05) is 38.4 Å². The van der Waals surface area contributed by atoms with Crippen LogP contribution in [0.3, 0.4) is 0 Å². The SMILES string of the molecule is O=C(c1ccc(COc2ccc(F)cc2)nc1)N1CCCN(C2CCC2)CC1. The Labute approximate surface area is 165 Å². The zero-order valence-corrected chi connectivity index (χ0v) is 16.0. The molecule has 1 amide bonds. The predicted octanol–water partition coefficient (Wildman–Crippen LogP) is 3.50. The Bertz CT molecular complexity index is 790. The summed E-state index contributed by atoms with van der Waals surface area (Å²) in [6.45, 7) is 3.92. The second kappa shape index (κ2) is 8.69. The monoisotopic (exact) mass is 383 g/mol. The molecular weight excluding hydrogens is 357 g/mol. The first-order chi connectivity index (χ1) is 13.7. The molecule has 0 spiro atoms. The van der Waals surface area contributed by atoms with Crippen LogP contribution in [0.2, 0.25) is 0 Å². The van der Waals surface area contributed by atoms with Crippen molar-refractivity contribution in [3.8, 4) is 5.75 Å². The number of pyridine rings is 1. The highest BCUT2D eigenvalue weighted by molar-refractivity contribution is 5.93. The van der Waals surface area contributed by atoms with E-state index >= 15 is 0 Å². The van der Waals surface area contributed by atoms with Gasteiger partial charge < -0.3 is 9.64 Å². The zero-order chi connectivity index (χ0) is 19.3. The summed E-state index contributed by atoms with van der Waals surface area (Å²) in [4.78, 5) is 21.7. The van der Waals surface area contributed by atoms with Gasteiger partial charge in [-0.3, -0.25) is 14.7 Å². The molecule has 6 heteroatoms. The number of hydrogen-bond acceptors (Lipinski definition) is 4. The van der Waals surface area contributed by atoms with Crippen molar-refractivity contribution in [2.24, 2.45) is 0 Å². The maximum atomic E-state index is 12.9. The average molecular weight is 383 g/mol. The van der Waals surface area contributed by atoms with Gasteiger partial charge in [0.1, 0.15) is 18.2 Å². The summed E-state index contributed by atoms with van der Waals surface area (Å²) < 4.78 is 18.5. The Kier molecular flexibility index (Phi) is 5.86. The fourth-order valence-electron chi connectivity index (χ4n) is 3.76. The molecule has 2 heterocycles. The number of benzene rings is 1. The summed E-state index contributed by atoms with van der Waals surface area (Å²) in [5.41, 5.74) is 1.34. The lowest BCUT2D eigenvalue weighted by atomic mass is 9.91. The summed E-state index contributed by atoms with van der Waals surface area (Å²) >= 11 is 0. The Morgan fingerprint density at radius 1 is 1.04 bits per heavy atom. The molecule has 1 saturated carbocycles. The number of amides is 1. The van der Waals surface area contributed by atoms with E-state index in [0.717, 1.165) is 44.3 Å². The Morgan fingerprint density at radius 2 is 1.86 bits per heavy atom. The van der Waals surface area contributed by atoms with E-state index in [1.165, 1.54) is 31.4 Å². The van der Waals surface area contributed by atoms with Gasteiger partial charge in [-0.25, -0.2) is 4.39 Å². The van der Waals surface area contributed by atoms with Crippen LogP contribution in [0.25, 0.3) is 0 Å². The van der Waals surface area contributed by atoms with Crippen molar-refractivity contribution in [1.29, 1.82) is 0 Å². The Balaban J connectivity index is 1.31. The highest BCUT2D eigenvalue weighted by Crippen LogP contribution is 2.25. The Hall–Kier alpha value is -2.47. The van der Waals surface area contributed by atoms with E-state index in [9.17, 15) is 9.18 Å². The van der Waals surface area contributed by atoms with Crippen molar-refractivity contribution in [2.45, 2.75) is 38.3 Å². The van der Waals surface area contributed by atoms with E-state index in [0.29, 0.717) is 11.3 Å². The average Bonchev–Trinajstić information content (AvgIpc) is 2.92. The van der Waals surface area contributed by atoms with Crippen LogP contribution in [0.1, 0.15) is 41.7 Å². The molecule has 148 valence electrons. The minimum absolute atomic E-state index is 0.0500. The van der Waals surface area contributed by atoms with Gasteiger partial charge in [-0.2, -0.15) is 0 Å². The molecule has 28 heavy (non-hydrogen) atoms. The molecular formula is C22H26FN3O2. The lowest BCUT2D eigenvalue weighted by Gasteiger charge is -2.36. The topological polar surface area (TPSA) is 45.7 Å². The standard InChI is InChI=1S/C22H26FN3O2/c23-18-6-9-21(10-7-18)28-16-19-8-5-17(15-24-19)22(27)26-12-2-11-25(13-14-26)20-3-1-4-20/h5-10,15,20H,1-4,11-14,16H2. The Morgan fingerprint density at radius 3 is 2.54 bits per heavy atom. The molecule has 2 aromatic rings. The van der Waals surface area contributed by atoms with Crippen molar-refractivity contribution >= 4 is 5.91 Å². The second-order valence-electron chi connectivity index (χ2n) is 7.55. The zero-order valence-electron chi connectivity index (χ0n) is 16.0. The van der Waals surface area contributed by atoms with E-state index < -0.39 is 0 Å². The summed E-state index contributed by atoms with van der Waals surface area (Å²) in [6.07, 6.45) is 6.60. The smallest absolute Gasteiger partial charge is 0.255 e. The lowest BCUT2D eigenvalue weighted by molar-refractivity contribution is 0.0749. The van der Waals surface area contributed by atoms with E-state index in [4.69, 9.17) is 4.74 Å². The molecule has 0 radical (unpaired) electrons. The number of carbonyl (C=O) groups is 1. The molecule has 1 aliphatic carbocycles. The van der Waals surface area contributed by atoms with Gasteiger partial charge in [0.05, 0.1) is 11.3 Å². The van der Waals surface area contributed by atoms with E-state index in [2.05, 4.69) is 9.88 Å². The van der Waals surface area contributed by atoms with Gasteiger partial charge in [0.15, 0.2) is 0 Å². The minimum atomic E-state index is -0.294. The van der Waals surface area contributed by atoms with Crippen molar-refractivity contribution in [3.63, 3.8) is 0 Å². The molecule has 1 aliphatic heterocycles. The summed E-state index contributed by atoms with van der Waals surface area (Å²) in [6, 6.07) is 10.2. The molecule has 0 bridgehead atoms. The molecule has 5 nitrogen and oxygen atoms in total. The fraction of sp³-hybridized carbons (Fsp3) is 0.455. The summed E-state index contributed by atoms with van der Waals surface area (Å²) in [7, 11) is 0. The number of carbonyl (C=O) groups excluding carboxylic acids is 1. The van der Waals surface area contributed by atoms with Gasteiger partial charge in [0.2, 0.25) is 0 Å².